The van der Waals surface area contributed by atoms with Gasteiger partial charge in [0.2, 0.25) is 5.91 Å². The number of H-pyrrole nitrogens is 1. The summed E-state index contributed by atoms with van der Waals surface area (Å²) in [6.07, 6.45) is 2.78. The molecule has 0 saturated heterocycles. The topological polar surface area (TPSA) is 86.9 Å². The lowest BCUT2D eigenvalue weighted by Gasteiger charge is -2.09. The highest BCUT2D eigenvalue weighted by atomic mass is 35.5. The highest BCUT2D eigenvalue weighted by Gasteiger charge is 2.15. The molecule has 0 bridgehead atoms. The van der Waals surface area contributed by atoms with Crippen LogP contribution in [0.15, 0.2) is 54.7 Å². The predicted molar refractivity (Wildman–Crippen MR) is 110 cm³/mol. The molecule has 0 unspecified atom stereocenters. The molecule has 3 aromatic rings. The number of aromatic nitrogens is 2. The van der Waals surface area contributed by atoms with Crippen LogP contribution in [-0.4, -0.2) is 22.0 Å². The highest BCUT2D eigenvalue weighted by Crippen LogP contribution is 2.23. The van der Waals surface area contributed by atoms with Gasteiger partial charge in [0.25, 0.3) is 5.91 Å². The minimum atomic E-state index is -0.237. The van der Waals surface area contributed by atoms with Crippen molar-refractivity contribution < 1.29 is 9.59 Å². The van der Waals surface area contributed by atoms with Crippen LogP contribution in [0.3, 0.4) is 0 Å². The summed E-state index contributed by atoms with van der Waals surface area (Å²) in [4.78, 5) is 24.4. The number of aromatic amines is 1. The van der Waals surface area contributed by atoms with E-state index in [1.54, 1.807) is 12.1 Å². The molecule has 2 aromatic carbocycles. The van der Waals surface area contributed by atoms with E-state index in [9.17, 15) is 9.59 Å². The zero-order valence-electron chi connectivity index (χ0n) is 15.5. The van der Waals surface area contributed by atoms with E-state index >= 15 is 0 Å². The van der Waals surface area contributed by atoms with E-state index in [2.05, 4.69) is 20.8 Å². The first-order valence-corrected chi connectivity index (χ1v) is 9.41. The van der Waals surface area contributed by atoms with Gasteiger partial charge in [-0.1, -0.05) is 42.8 Å². The van der Waals surface area contributed by atoms with Gasteiger partial charge in [0.15, 0.2) is 0 Å². The van der Waals surface area contributed by atoms with Gasteiger partial charge >= 0.3 is 0 Å². The lowest BCUT2D eigenvalue weighted by atomic mass is 10.1. The molecule has 1 heterocycles. The number of benzene rings is 2. The number of hydrogen-bond donors (Lipinski definition) is 3. The van der Waals surface area contributed by atoms with Crippen LogP contribution < -0.4 is 10.6 Å². The number of halogens is 1. The maximum Gasteiger partial charge on any atom is 0.255 e. The molecule has 144 valence electrons. The monoisotopic (exact) mass is 396 g/mol. The summed E-state index contributed by atoms with van der Waals surface area (Å²) in [5, 5.41) is 13.2. The quantitative estimate of drug-likeness (QED) is 0.553. The number of nitrogens with zero attached hydrogens (tertiary/aromatic N) is 1. The van der Waals surface area contributed by atoms with Gasteiger partial charge in [0.05, 0.1) is 17.5 Å². The van der Waals surface area contributed by atoms with E-state index in [0.717, 1.165) is 23.2 Å². The lowest BCUT2D eigenvalue weighted by Crippen LogP contribution is -2.23. The number of amides is 2. The molecule has 2 amide bonds. The van der Waals surface area contributed by atoms with Gasteiger partial charge in [0, 0.05) is 29.2 Å². The molecule has 0 radical (unpaired) electrons. The molecule has 3 rings (SSSR count). The predicted octanol–water partition coefficient (Wildman–Crippen LogP) is 4.40. The van der Waals surface area contributed by atoms with E-state index in [1.807, 2.05) is 43.3 Å². The molecule has 0 aliphatic carbocycles. The second-order valence-electron chi connectivity index (χ2n) is 6.35. The van der Waals surface area contributed by atoms with E-state index in [-0.39, 0.29) is 11.8 Å². The van der Waals surface area contributed by atoms with Crippen molar-refractivity contribution in [1.82, 2.24) is 15.5 Å². The SMILES string of the molecule is CCCC(=O)Nc1cccc(CNC(=O)c2cn[nH]c2-c2ccc(Cl)cc2)c1. The van der Waals surface area contributed by atoms with Crippen LogP contribution in [0.2, 0.25) is 5.02 Å². The fraction of sp³-hybridized carbons (Fsp3) is 0.190. The summed E-state index contributed by atoms with van der Waals surface area (Å²) in [5.41, 5.74) is 3.52. The first-order valence-electron chi connectivity index (χ1n) is 9.03. The Morgan fingerprint density at radius 2 is 1.93 bits per heavy atom. The Morgan fingerprint density at radius 3 is 2.68 bits per heavy atom. The average molecular weight is 397 g/mol. The minimum absolute atomic E-state index is 0.0188. The highest BCUT2D eigenvalue weighted by molar-refractivity contribution is 6.30. The van der Waals surface area contributed by atoms with Crippen LogP contribution in [-0.2, 0) is 11.3 Å². The van der Waals surface area contributed by atoms with Gasteiger partial charge < -0.3 is 10.6 Å². The van der Waals surface area contributed by atoms with E-state index < -0.39 is 0 Å². The van der Waals surface area contributed by atoms with E-state index in [4.69, 9.17) is 11.6 Å². The minimum Gasteiger partial charge on any atom is -0.348 e. The number of carbonyl (C=O) groups excluding carboxylic acids is 2. The van der Waals surface area contributed by atoms with Crippen LogP contribution in [0.5, 0.6) is 0 Å². The van der Waals surface area contributed by atoms with Crippen LogP contribution in [0.4, 0.5) is 5.69 Å². The number of nitrogens with one attached hydrogen (secondary N) is 3. The Bertz CT molecular complexity index is 967. The van der Waals surface area contributed by atoms with E-state index in [0.29, 0.717) is 29.2 Å². The molecule has 7 heteroatoms. The fourth-order valence-electron chi connectivity index (χ4n) is 2.78. The molecule has 6 nitrogen and oxygen atoms in total. The molecule has 0 aliphatic heterocycles. The summed E-state index contributed by atoms with van der Waals surface area (Å²) in [7, 11) is 0. The van der Waals surface area contributed by atoms with Crippen molar-refractivity contribution in [3.05, 3.63) is 70.9 Å². The zero-order valence-corrected chi connectivity index (χ0v) is 16.2. The first-order chi connectivity index (χ1) is 13.6. The maximum absolute atomic E-state index is 12.6. The standard InChI is InChI=1S/C21H21ClN4O2/c1-2-4-19(27)25-17-6-3-5-14(11-17)12-23-21(28)18-13-24-26-20(18)15-7-9-16(22)10-8-15/h3,5-11,13H,2,4,12H2,1H3,(H,23,28)(H,24,26)(H,25,27). The number of rotatable bonds is 7. The molecule has 0 fully saturated rings. The molecule has 0 aliphatic rings. The summed E-state index contributed by atoms with van der Waals surface area (Å²) >= 11 is 5.92. The van der Waals surface area contributed by atoms with Gasteiger partial charge in [-0.15, -0.1) is 0 Å². The second kappa shape index (κ2) is 9.19. The third-order valence-corrected chi connectivity index (χ3v) is 4.41. The van der Waals surface area contributed by atoms with Crippen molar-refractivity contribution in [3.63, 3.8) is 0 Å². The lowest BCUT2D eigenvalue weighted by molar-refractivity contribution is -0.116. The van der Waals surface area contributed by atoms with Crippen LogP contribution >= 0.6 is 11.6 Å². The van der Waals surface area contributed by atoms with Crippen molar-refractivity contribution in [1.29, 1.82) is 0 Å². The fourth-order valence-corrected chi connectivity index (χ4v) is 2.91. The van der Waals surface area contributed by atoms with Crippen molar-refractivity contribution in [2.75, 3.05) is 5.32 Å². The van der Waals surface area contributed by atoms with Gasteiger partial charge in [-0.25, -0.2) is 0 Å². The summed E-state index contributed by atoms with van der Waals surface area (Å²) in [6, 6.07) is 14.6. The van der Waals surface area contributed by atoms with Crippen molar-refractivity contribution >= 4 is 29.1 Å². The summed E-state index contributed by atoms with van der Waals surface area (Å²) < 4.78 is 0. The summed E-state index contributed by atoms with van der Waals surface area (Å²) in [5.74, 6) is -0.256. The number of hydrogen-bond acceptors (Lipinski definition) is 3. The third-order valence-electron chi connectivity index (χ3n) is 4.16. The van der Waals surface area contributed by atoms with Gasteiger partial charge in [-0.05, 0) is 36.2 Å². The zero-order chi connectivity index (χ0) is 19.9. The van der Waals surface area contributed by atoms with Crippen molar-refractivity contribution in [2.24, 2.45) is 0 Å². The first kappa shape index (κ1) is 19.6. The van der Waals surface area contributed by atoms with Crippen LogP contribution in [0, 0.1) is 0 Å². The summed E-state index contributed by atoms with van der Waals surface area (Å²) in [6.45, 7) is 2.29. The number of carbonyl (C=O) groups is 2. The van der Waals surface area contributed by atoms with Gasteiger partial charge in [-0.2, -0.15) is 5.10 Å². The second-order valence-corrected chi connectivity index (χ2v) is 6.78. The Morgan fingerprint density at radius 1 is 1.14 bits per heavy atom. The van der Waals surface area contributed by atoms with E-state index in [1.165, 1.54) is 6.20 Å². The molecule has 0 saturated carbocycles. The molecule has 28 heavy (non-hydrogen) atoms. The Hall–Kier alpha value is -3.12. The van der Waals surface area contributed by atoms with Gasteiger partial charge in [-0.3, -0.25) is 14.7 Å². The Balaban J connectivity index is 1.66. The molecule has 3 N–H and O–H groups in total. The van der Waals surface area contributed by atoms with Crippen molar-refractivity contribution in [2.45, 2.75) is 26.3 Å². The van der Waals surface area contributed by atoms with Crippen LogP contribution in [0.25, 0.3) is 11.3 Å². The average Bonchev–Trinajstić information content (AvgIpc) is 3.17. The van der Waals surface area contributed by atoms with Crippen LogP contribution in [0.1, 0.15) is 35.7 Å². The molecule has 0 spiro atoms. The largest absolute Gasteiger partial charge is 0.348 e. The number of anilines is 1. The normalized spacial score (nSPS) is 10.5. The third kappa shape index (κ3) is 4.98. The van der Waals surface area contributed by atoms with Gasteiger partial charge in [0.1, 0.15) is 0 Å². The Labute approximate surface area is 168 Å². The molecular formula is C21H21ClN4O2. The molecule has 0 atom stereocenters. The molecule has 1 aromatic heterocycles. The Kier molecular flexibility index (Phi) is 6.45. The maximum atomic E-state index is 12.6. The smallest absolute Gasteiger partial charge is 0.255 e. The molecular weight excluding hydrogens is 376 g/mol. The van der Waals surface area contributed by atoms with Crippen molar-refractivity contribution in [3.8, 4) is 11.3 Å².